The molecule has 114 valence electrons. The van der Waals surface area contributed by atoms with Crippen LogP contribution in [0.2, 0.25) is 0 Å². The number of aromatic nitrogens is 1. The smallest absolute Gasteiger partial charge is 0.287 e. The first-order chi connectivity index (χ1) is 10.6. The summed E-state index contributed by atoms with van der Waals surface area (Å²) in [6, 6.07) is 9.51. The molecule has 0 spiro atoms. The summed E-state index contributed by atoms with van der Waals surface area (Å²) in [5.41, 5.74) is 0.971. The highest BCUT2D eigenvalue weighted by atomic mass is 19.1. The molecular formula is C16H16FN3O2. The monoisotopic (exact) mass is 301 g/mol. The van der Waals surface area contributed by atoms with Crippen molar-refractivity contribution in [3.8, 4) is 0 Å². The number of halogens is 1. The molecule has 0 atom stereocenters. The van der Waals surface area contributed by atoms with E-state index in [2.05, 4.69) is 9.88 Å². The molecule has 0 radical (unpaired) electrons. The first-order valence-electron chi connectivity index (χ1n) is 7.21. The van der Waals surface area contributed by atoms with Crippen molar-refractivity contribution in [1.82, 2.24) is 4.98 Å². The highest BCUT2D eigenvalue weighted by Crippen LogP contribution is 2.32. The molecule has 5 nitrogen and oxygen atoms in total. The second-order valence-electron chi connectivity index (χ2n) is 5.58. The van der Waals surface area contributed by atoms with E-state index < -0.39 is 4.92 Å². The Bertz CT molecular complexity index is 654. The molecule has 0 saturated heterocycles. The zero-order valence-electron chi connectivity index (χ0n) is 12.0. The Morgan fingerprint density at radius 2 is 1.95 bits per heavy atom. The van der Waals surface area contributed by atoms with Crippen molar-refractivity contribution in [3.63, 3.8) is 0 Å². The summed E-state index contributed by atoms with van der Waals surface area (Å²) in [5, 5.41) is 10.7. The van der Waals surface area contributed by atoms with Crippen LogP contribution in [0.15, 0.2) is 42.6 Å². The minimum absolute atomic E-state index is 0.0168. The van der Waals surface area contributed by atoms with Gasteiger partial charge >= 0.3 is 0 Å². The van der Waals surface area contributed by atoms with E-state index in [1.54, 1.807) is 18.2 Å². The van der Waals surface area contributed by atoms with Crippen molar-refractivity contribution in [1.29, 1.82) is 0 Å². The Kier molecular flexibility index (Phi) is 4.00. The summed E-state index contributed by atoms with van der Waals surface area (Å²) < 4.78 is 13.0. The number of anilines is 1. The standard InChI is InChI=1S/C16H16FN3O2/c17-14-5-3-13(4-6-14)11-19(10-12-1-2-12)16-8-7-15(9-18-16)20(21)22/h3-9,12H,1-2,10-11H2. The van der Waals surface area contributed by atoms with Gasteiger partial charge in [-0.15, -0.1) is 0 Å². The van der Waals surface area contributed by atoms with Crippen molar-refractivity contribution >= 4 is 11.5 Å². The molecule has 0 amide bonds. The van der Waals surface area contributed by atoms with Gasteiger partial charge in [0.05, 0.1) is 4.92 Å². The van der Waals surface area contributed by atoms with Gasteiger partial charge in [-0.05, 0) is 42.5 Å². The fourth-order valence-electron chi connectivity index (χ4n) is 2.33. The maximum atomic E-state index is 13.0. The van der Waals surface area contributed by atoms with Gasteiger partial charge in [-0.1, -0.05) is 12.1 Å². The van der Waals surface area contributed by atoms with Crippen molar-refractivity contribution in [2.75, 3.05) is 11.4 Å². The van der Waals surface area contributed by atoms with Crippen LogP contribution >= 0.6 is 0 Å². The third-order valence-corrected chi connectivity index (χ3v) is 3.73. The number of rotatable bonds is 6. The number of benzene rings is 1. The SMILES string of the molecule is O=[N+]([O-])c1ccc(N(Cc2ccc(F)cc2)CC2CC2)nc1. The quantitative estimate of drug-likeness (QED) is 0.605. The van der Waals surface area contributed by atoms with Gasteiger partial charge in [-0.3, -0.25) is 10.1 Å². The van der Waals surface area contributed by atoms with Crippen LogP contribution in [0.4, 0.5) is 15.9 Å². The third-order valence-electron chi connectivity index (χ3n) is 3.73. The molecule has 0 bridgehead atoms. The molecule has 1 aromatic carbocycles. The predicted octanol–water partition coefficient (Wildman–Crippen LogP) is 3.55. The Labute approximate surface area is 127 Å². The normalized spacial score (nSPS) is 13.9. The number of hydrogen-bond acceptors (Lipinski definition) is 4. The van der Waals surface area contributed by atoms with Crippen molar-refractivity contribution in [3.05, 3.63) is 64.1 Å². The van der Waals surface area contributed by atoms with E-state index in [9.17, 15) is 14.5 Å². The molecule has 1 aliphatic carbocycles. The van der Waals surface area contributed by atoms with E-state index in [-0.39, 0.29) is 11.5 Å². The molecule has 1 aliphatic rings. The number of nitro groups is 1. The van der Waals surface area contributed by atoms with Crippen LogP contribution < -0.4 is 4.90 Å². The first kappa shape index (κ1) is 14.4. The van der Waals surface area contributed by atoms with E-state index in [1.165, 1.54) is 37.2 Å². The summed E-state index contributed by atoms with van der Waals surface area (Å²) >= 11 is 0. The van der Waals surface area contributed by atoms with E-state index >= 15 is 0 Å². The van der Waals surface area contributed by atoms with Crippen molar-refractivity contribution < 1.29 is 9.31 Å². The topological polar surface area (TPSA) is 59.3 Å². The van der Waals surface area contributed by atoms with Crippen LogP contribution in [0.1, 0.15) is 18.4 Å². The van der Waals surface area contributed by atoms with Gasteiger partial charge in [0.2, 0.25) is 0 Å². The third kappa shape index (κ3) is 3.58. The minimum Gasteiger partial charge on any atom is -0.352 e. The van der Waals surface area contributed by atoms with Gasteiger partial charge in [-0.2, -0.15) is 0 Å². The summed E-state index contributed by atoms with van der Waals surface area (Å²) in [6.07, 6.45) is 3.68. The molecule has 0 unspecified atom stereocenters. The molecule has 1 aromatic heterocycles. The summed E-state index contributed by atoms with van der Waals surface area (Å²) in [7, 11) is 0. The number of hydrogen-bond donors (Lipinski definition) is 0. The molecule has 2 aromatic rings. The van der Waals surface area contributed by atoms with Crippen LogP contribution in [0.25, 0.3) is 0 Å². The van der Waals surface area contributed by atoms with Gasteiger partial charge in [0.25, 0.3) is 5.69 Å². The molecule has 1 fully saturated rings. The first-order valence-corrected chi connectivity index (χ1v) is 7.21. The lowest BCUT2D eigenvalue weighted by Crippen LogP contribution is -2.26. The van der Waals surface area contributed by atoms with Gasteiger partial charge < -0.3 is 4.90 Å². The number of nitrogens with zero attached hydrogens (tertiary/aromatic N) is 3. The van der Waals surface area contributed by atoms with Crippen molar-refractivity contribution in [2.24, 2.45) is 5.92 Å². The minimum atomic E-state index is -0.456. The maximum absolute atomic E-state index is 13.0. The van der Waals surface area contributed by atoms with Crippen LogP contribution in [0.5, 0.6) is 0 Å². The van der Waals surface area contributed by atoms with Gasteiger partial charge in [0, 0.05) is 19.2 Å². The fraction of sp³-hybridized carbons (Fsp3) is 0.312. The predicted molar refractivity (Wildman–Crippen MR) is 81.1 cm³/mol. The second kappa shape index (κ2) is 6.09. The molecule has 3 rings (SSSR count). The molecule has 0 aliphatic heterocycles. The average molecular weight is 301 g/mol. The maximum Gasteiger partial charge on any atom is 0.287 e. The second-order valence-corrected chi connectivity index (χ2v) is 5.58. The highest BCUT2D eigenvalue weighted by molar-refractivity contribution is 5.44. The molecule has 1 heterocycles. The zero-order chi connectivity index (χ0) is 15.5. The van der Waals surface area contributed by atoms with E-state index in [0.29, 0.717) is 18.3 Å². The van der Waals surface area contributed by atoms with Gasteiger partial charge in [-0.25, -0.2) is 9.37 Å². The Morgan fingerprint density at radius 1 is 1.23 bits per heavy atom. The van der Waals surface area contributed by atoms with Crippen molar-refractivity contribution in [2.45, 2.75) is 19.4 Å². The van der Waals surface area contributed by atoms with E-state index in [1.807, 2.05) is 0 Å². The summed E-state index contributed by atoms with van der Waals surface area (Å²) in [6.45, 7) is 1.48. The lowest BCUT2D eigenvalue weighted by molar-refractivity contribution is -0.385. The van der Waals surface area contributed by atoms with Crippen LogP contribution in [-0.2, 0) is 6.54 Å². The molecular weight excluding hydrogens is 285 g/mol. The molecule has 0 N–H and O–H groups in total. The largest absolute Gasteiger partial charge is 0.352 e. The molecule has 22 heavy (non-hydrogen) atoms. The Balaban J connectivity index is 1.79. The number of pyridine rings is 1. The fourth-order valence-corrected chi connectivity index (χ4v) is 2.33. The van der Waals surface area contributed by atoms with E-state index in [4.69, 9.17) is 0 Å². The lowest BCUT2D eigenvalue weighted by atomic mass is 10.2. The lowest BCUT2D eigenvalue weighted by Gasteiger charge is -2.23. The van der Waals surface area contributed by atoms with E-state index in [0.717, 1.165) is 12.1 Å². The zero-order valence-corrected chi connectivity index (χ0v) is 12.0. The molecule has 1 saturated carbocycles. The van der Waals surface area contributed by atoms with Crippen LogP contribution in [-0.4, -0.2) is 16.5 Å². The summed E-state index contributed by atoms with van der Waals surface area (Å²) in [4.78, 5) is 16.5. The Hall–Kier alpha value is -2.50. The highest BCUT2D eigenvalue weighted by Gasteiger charge is 2.25. The average Bonchev–Trinajstić information content (AvgIpc) is 3.33. The van der Waals surface area contributed by atoms with Gasteiger partial charge in [0.15, 0.2) is 0 Å². The molecule has 6 heteroatoms. The summed E-state index contributed by atoms with van der Waals surface area (Å²) in [5.74, 6) is 1.10. The van der Waals surface area contributed by atoms with Crippen LogP contribution in [0, 0.1) is 21.8 Å². The Morgan fingerprint density at radius 3 is 2.50 bits per heavy atom. The van der Waals surface area contributed by atoms with Gasteiger partial charge in [0.1, 0.15) is 17.8 Å². The van der Waals surface area contributed by atoms with Crippen LogP contribution in [0.3, 0.4) is 0 Å².